The molecule has 2 aromatic carbocycles. The molecular weight excluding hydrogens is 332 g/mol. The van der Waals surface area contributed by atoms with Crippen LogP contribution in [0, 0.1) is 5.92 Å². The fraction of sp³-hybridized carbons (Fsp3) is 0.458. The first-order valence-corrected chi connectivity index (χ1v) is 10.5. The zero-order valence-electron chi connectivity index (χ0n) is 15.9. The third kappa shape index (κ3) is 2.98. The predicted molar refractivity (Wildman–Crippen MR) is 108 cm³/mol. The van der Waals surface area contributed by atoms with Crippen molar-refractivity contribution in [1.29, 1.82) is 0 Å². The minimum Gasteiger partial charge on any atom is -0.340 e. The van der Waals surface area contributed by atoms with E-state index in [1.807, 2.05) is 0 Å². The summed E-state index contributed by atoms with van der Waals surface area (Å²) < 4.78 is 0. The van der Waals surface area contributed by atoms with Gasteiger partial charge in [0.2, 0.25) is 5.91 Å². The summed E-state index contributed by atoms with van der Waals surface area (Å²) in [5.74, 6) is 0.708. The monoisotopic (exact) mass is 360 g/mol. The molecule has 2 fully saturated rings. The fourth-order valence-electron chi connectivity index (χ4n) is 5.33. The first-order valence-electron chi connectivity index (χ1n) is 10.5. The van der Waals surface area contributed by atoms with Crippen molar-refractivity contribution in [1.82, 2.24) is 9.80 Å². The number of rotatable bonds is 2. The van der Waals surface area contributed by atoms with E-state index in [1.165, 1.54) is 41.5 Å². The Labute approximate surface area is 162 Å². The van der Waals surface area contributed by atoms with Crippen molar-refractivity contribution in [3.63, 3.8) is 0 Å². The van der Waals surface area contributed by atoms with Gasteiger partial charge in [0, 0.05) is 32.1 Å². The van der Waals surface area contributed by atoms with E-state index >= 15 is 0 Å². The smallest absolute Gasteiger partial charge is 0.225 e. The zero-order chi connectivity index (χ0) is 18.2. The highest BCUT2D eigenvalue weighted by molar-refractivity contribution is 5.80. The minimum atomic E-state index is 0.290. The number of benzene rings is 2. The van der Waals surface area contributed by atoms with Gasteiger partial charge in [-0.05, 0) is 35.1 Å². The van der Waals surface area contributed by atoms with Gasteiger partial charge >= 0.3 is 0 Å². The molecule has 1 aliphatic heterocycles. The van der Waals surface area contributed by atoms with Crippen LogP contribution in [0.15, 0.2) is 48.5 Å². The summed E-state index contributed by atoms with van der Waals surface area (Å²) in [6, 6.07) is 18.0. The molecular formula is C24H28N2O. The summed E-state index contributed by atoms with van der Waals surface area (Å²) >= 11 is 0. The molecule has 1 heterocycles. The summed E-state index contributed by atoms with van der Waals surface area (Å²) in [6.45, 7) is 3.67. The van der Waals surface area contributed by atoms with E-state index in [9.17, 15) is 4.79 Å². The Bertz CT molecular complexity index is 786. The van der Waals surface area contributed by atoms with Gasteiger partial charge < -0.3 is 4.90 Å². The normalized spacial score (nSPS) is 21.1. The topological polar surface area (TPSA) is 23.6 Å². The molecule has 140 valence electrons. The van der Waals surface area contributed by atoms with Crippen molar-refractivity contribution >= 4 is 5.91 Å². The van der Waals surface area contributed by atoms with E-state index in [0.29, 0.717) is 17.9 Å². The average molecular weight is 361 g/mol. The van der Waals surface area contributed by atoms with Crippen LogP contribution in [0.25, 0.3) is 11.1 Å². The van der Waals surface area contributed by atoms with E-state index in [0.717, 1.165) is 39.0 Å². The van der Waals surface area contributed by atoms with E-state index in [-0.39, 0.29) is 0 Å². The SMILES string of the molecule is O=C(C1CCCCC1)N1CCN(C2c3ccccc3-c3ccccc32)CC1. The number of carbonyl (C=O) groups is 1. The number of nitrogens with zero attached hydrogens (tertiary/aromatic N) is 2. The van der Waals surface area contributed by atoms with Crippen molar-refractivity contribution in [2.24, 2.45) is 5.92 Å². The Balaban J connectivity index is 1.33. The van der Waals surface area contributed by atoms with Crippen LogP contribution in [0.1, 0.15) is 49.3 Å². The minimum absolute atomic E-state index is 0.290. The van der Waals surface area contributed by atoms with E-state index < -0.39 is 0 Å². The van der Waals surface area contributed by atoms with Crippen molar-refractivity contribution in [2.45, 2.75) is 38.1 Å². The fourth-order valence-corrected chi connectivity index (χ4v) is 5.33. The van der Waals surface area contributed by atoms with Crippen LogP contribution in [-0.2, 0) is 4.79 Å². The summed E-state index contributed by atoms with van der Waals surface area (Å²) in [7, 11) is 0. The largest absolute Gasteiger partial charge is 0.340 e. The highest BCUT2D eigenvalue weighted by Crippen LogP contribution is 2.46. The Morgan fingerprint density at radius 1 is 0.741 bits per heavy atom. The number of piperazine rings is 1. The van der Waals surface area contributed by atoms with Gasteiger partial charge in [-0.3, -0.25) is 9.69 Å². The van der Waals surface area contributed by atoms with Crippen LogP contribution in [0.4, 0.5) is 0 Å². The second kappa shape index (κ2) is 7.12. The Morgan fingerprint density at radius 2 is 1.30 bits per heavy atom. The van der Waals surface area contributed by atoms with Crippen molar-refractivity contribution in [3.8, 4) is 11.1 Å². The molecule has 2 aliphatic carbocycles. The molecule has 0 atom stereocenters. The van der Waals surface area contributed by atoms with Gasteiger partial charge in [-0.2, -0.15) is 0 Å². The van der Waals surface area contributed by atoms with Gasteiger partial charge in [-0.15, -0.1) is 0 Å². The number of amides is 1. The number of fused-ring (bicyclic) bond motifs is 3. The van der Waals surface area contributed by atoms with Crippen LogP contribution in [0.5, 0.6) is 0 Å². The molecule has 1 saturated carbocycles. The van der Waals surface area contributed by atoms with Gasteiger partial charge in [0.15, 0.2) is 0 Å². The lowest BCUT2D eigenvalue weighted by Gasteiger charge is -2.40. The molecule has 27 heavy (non-hydrogen) atoms. The maximum absolute atomic E-state index is 12.9. The maximum Gasteiger partial charge on any atom is 0.225 e. The van der Waals surface area contributed by atoms with Gasteiger partial charge in [-0.25, -0.2) is 0 Å². The van der Waals surface area contributed by atoms with Gasteiger partial charge in [0.25, 0.3) is 0 Å². The number of hydrogen-bond donors (Lipinski definition) is 0. The highest BCUT2D eigenvalue weighted by Gasteiger charge is 2.35. The standard InChI is InChI=1S/C24H28N2O/c27-24(18-8-2-1-3-9-18)26-16-14-25(15-17-26)23-21-12-6-4-10-19(21)20-11-5-7-13-22(20)23/h4-7,10-13,18,23H,1-3,8-9,14-17H2. The van der Waals surface area contributed by atoms with Crippen LogP contribution in [0.3, 0.4) is 0 Å². The van der Waals surface area contributed by atoms with E-state index in [1.54, 1.807) is 0 Å². The van der Waals surface area contributed by atoms with Crippen LogP contribution < -0.4 is 0 Å². The Hall–Kier alpha value is -2.13. The second-order valence-electron chi connectivity index (χ2n) is 8.27. The summed E-state index contributed by atoms with van der Waals surface area (Å²) in [5.41, 5.74) is 5.59. The molecule has 0 radical (unpaired) electrons. The lowest BCUT2D eigenvalue weighted by Crippen LogP contribution is -2.51. The summed E-state index contributed by atoms with van der Waals surface area (Å²) in [6.07, 6.45) is 5.96. The Morgan fingerprint density at radius 3 is 1.89 bits per heavy atom. The van der Waals surface area contributed by atoms with Crippen LogP contribution in [-0.4, -0.2) is 41.9 Å². The number of carbonyl (C=O) groups excluding carboxylic acids is 1. The van der Waals surface area contributed by atoms with Gasteiger partial charge in [-0.1, -0.05) is 67.8 Å². The molecule has 0 bridgehead atoms. The molecule has 3 aliphatic rings. The van der Waals surface area contributed by atoms with Crippen LogP contribution >= 0.6 is 0 Å². The maximum atomic E-state index is 12.9. The molecule has 1 amide bonds. The summed E-state index contributed by atoms with van der Waals surface area (Å²) in [4.78, 5) is 17.6. The molecule has 3 nitrogen and oxygen atoms in total. The molecule has 3 heteroatoms. The molecule has 5 rings (SSSR count). The summed E-state index contributed by atoms with van der Waals surface area (Å²) in [5, 5.41) is 0. The second-order valence-corrected chi connectivity index (χ2v) is 8.27. The van der Waals surface area contributed by atoms with Crippen LogP contribution in [0.2, 0.25) is 0 Å². The predicted octanol–water partition coefficient (Wildman–Crippen LogP) is 4.48. The quantitative estimate of drug-likeness (QED) is 0.788. The average Bonchev–Trinajstić information content (AvgIpc) is 3.08. The zero-order valence-corrected chi connectivity index (χ0v) is 15.9. The molecule has 0 N–H and O–H groups in total. The van der Waals surface area contributed by atoms with E-state index in [2.05, 4.69) is 58.3 Å². The molecule has 0 unspecified atom stereocenters. The lowest BCUT2D eigenvalue weighted by atomic mass is 9.88. The van der Waals surface area contributed by atoms with Crippen molar-refractivity contribution < 1.29 is 4.79 Å². The van der Waals surface area contributed by atoms with Gasteiger partial charge in [0.1, 0.15) is 0 Å². The molecule has 2 aromatic rings. The third-order valence-corrected chi connectivity index (χ3v) is 6.75. The van der Waals surface area contributed by atoms with Crippen molar-refractivity contribution in [3.05, 3.63) is 59.7 Å². The number of hydrogen-bond acceptors (Lipinski definition) is 2. The first kappa shape index (κ1) is 17.0. The lowest BCUT2D eigenvalue weighted by molar-refractivity contribution is -0.138. The first-order chi connectivity index (χ1) is 13.3. The highest BCUT2D eigenvalue weighted by atomic mass is 16.2. The van der Waals surface area contributed by atoms with Crippen molar-refractivity contribution in [2.75, 3.05) is 26.2 Å². The van der Waals surface area contributed by atoms with E-state index in [4.69, 9.17) is 0 Å². The molecule has 1 saturated heterocycles. The molecule has 0 aromatic heterocycles. The third-order valence-electron chi connectivity index (χ3n) is 6.75. The molecule has 0 spiro atoms. The van der Waals surface area contributed by atoms with Gasteiger partial charge in [0.05, 0.1) is 6.04 Å². The Kier molecular flexibility index (Phi) is 4.48.